The van der Waals surface area contributed by atoms with Crippen molar-refractivity contribution in [1.82, 2.24) is 19.5 Å². The van der Waals surface area contributed by atoms with Gasteiger partial charge in [0.2, 0.25) is 5.95 Å². The minimum absolute atomic E-state index is 0.0676. The van der Waals surface area contributed by atoms with Gasteiger partial charge in [-0.05, 0) is 26.0 Å². The highest BCUT2D eigenvalue weighted by atomic mass is 32.2. The summed E-state index contributed by atoms with van der Waals surface area (Å²) in [5, 5.41) is 0. The molecule has 11 heteroatoms. The Hall–Kier alpha value is -1.35. The number of hydrogen-bond acceptors (Lipinski definition) is 8. The van der Waals surface area contributed by atoms with Gasteiger partial charge in [0.15, 0.2) is 11.2 Å². The van der Waals surface area contributed by atoms with Crippen molar-refractivity contribution in [2.24, 2.45) is 0 Å². The van der Waals surface area contributed by atoms with Crippen molar-refractivity contribution in [3.8, 4) is 0 Å². The Kier molecular flexibility index (Phi) is 6.85. The number of rotatable bonds is 10. The SMILES string of the molecule is CCOP(=O)(CSCCCn1cnc2c(=O)[nH]c(N)nc21)OCC. The number of nitrogens with two attached hydrogens (primary N) is 1. The lowest BCUT2D eigenvalue weighted by atomic mass is 10.4. The first-order valence-electron chi connectivity index (χ1n) is 7.65. The maximum Gasteiger partial charge on any atom is 0.340 e. The Bertz CT molecular complexity index is 767. The van der Waals surface area contributed by atoms with E-state index in [0.717, 1.165) is 12.2 Å². The topological polar surface area (TPSA) is 125 Å². The molecule has 2 heterocycles. The van der Waals surface area contributed by atoms with Gasteiger partial charge in [-0.15, -0.1) is 11.8 Å². The molecular weight excluding hydrogens is 353 g/mol. The molecule has 0 saturated carbocycles. The third-order valence-corrected chi connectivity index (χ3v) is 6.96. The molecule has 0 radical (unpaired) electrons. The lowest BCUT2D eigenvalue weighted by Gasteiger charge is -2.16. The summed E-state index contributed by atoms with van der Waals surface area (Å²) in [6.45, 7) is 4.94. The molecule has 2 aromatic rings. The normalized spacial score (nSPS) is 12.1. The number of imidazole rings is 1. The average molecular weight is 375 g/mol. The Labute approximate surface area is 143 Å². The van der Waals surface area contributed by atoms with Crippen molar-refractivity contribution in [3.63, 3.8) is 0 Å². The van der Waals surface area contributed by atoms with Crippen LogP contribution in [0.5, 0.6) is 0 Å². The summed E-state index contributed by atoms with van der Waals surface area (Å²) >= 11 is 1.51. The van der Waals surface area contributed by atoms with Crippen molar-refractivity contribution >= 4 is 36.5 Å². The molecule has 0 saturated heterocycles. The predicted octanol–water partition coefficient (Wildman–Crippen LogP) is 2.05. The van der Waals surface area contributed by atoms with E-state index in [4.69, 9.17) is 14.8 Å². The summed E-state index contributed by atoms with van der Waals surface area (Å²) < 4.78 is 24.6. The van der Waals surface area contributed by atoms with Crippen molar-refractivity contribution < 1.29 is 13.6 Å². The molecule has 0 spiro atoms. The second-order valence-electron chi connectivity index (χ2n) is 4.90. The molecule has 9 nitrogen and oxygen atoms in total. The van der Waals surface area contributed by atoms with E-state index in [0.29, 0.717) is 30.9 Å². The minimum Gasteiger partial charge on any atom is -0.369 e. The standard InChI is InChI=1S/C13H22N5O4PS/c1-3-21-23(20,22-4-2)9-24-7-5-6-18-8-15-10-11(18)16-13(14)17-12(10)19/h8H,3-7,9H2,1-2H3,(H3,14,16,17,19). The Balaban J connectivity index is 1.87. The number of nitrogens with one attached hydrogen (secondary N) is 1. The quantitative estimate of drug-likeness (QED) is 0.477. The Morgan fingerprint density at radius 3 is 2.75 bits per heavy atom. The van der Waals surface area contributed by atoms with Gasteiger partial charge in [0.25, 0.3) is 5.56 Å². The molecule has 0 aliphatic heterocycles. The molecule has 0 aliphatic carbocycles. The van der Waals surface area contributed by atoms with Gasteiger partial charge >= 0.3 is 7.60 Å². The van der Waals surface area contributed by atoms with Crippen LogP contribution >= 0.6 is 19.4 Å². The first-order chi connectivity index (χ1) is 11.5. The highest BCUT2D eigenvalue weighted by Gasteiger charge is 2.22. The molecule has 0 aromatic carbocycles. The molecular formula is C13H22N5O4PS. The zero-order chi connectivity index (χ0) is 17.6. The fourth-order valence-electron chi connectivity index (χ4n) is 2.15. The third-order valence-electron chi connectivity index (χ3n) is 3.08. The third kappa shape index (κ3) is 4.83. The van der Waals surface area contributed by atoms with Crippen LogP contribution in [0.1, 0.15) is 20.3 Å². The summed E-state index contributed by atoms with van der Waals surface area (Å²) in [5.41, 5.74) is 6.28. The number of aromatic amines is 1. The number of hydrogen-bond donors (Lipinski definition) is 2. The second-order valence-corrected chi connectivity index (χ2v) is 8.49. The first kappa shape index (κ1) is 19.0. The smallest absolute Gasteiger partial charge is 0.340 e. The number of fused-ring (bicyclic) bond motifs is 1. The fourth-order valence-corrected chi connectivity index (χ4v) is 5.35. The number of aryl methyl sites for hydroxylation is 1. The maximum absolute atomic E-state index is 12.3. The summed E-state index contributed by atoms with van der Waals surface area (Å²) in [6, 6.07) is 0. The van der Waals surface area contributed by atoms with Crippen LogP contribution in [0.4, 0.5) is 5.95 Å². The first-order valence-corrected chi connectivity index (χ1v) is 10.5. The van der Waals surface area contributed by atoms with Gasteiger partial charge < -0.3 is 19.3 Å². The lowest BCUT2D eigenvalue weighted by molar-refractivity contribution is 0.224. The van der Waals surface area contributed by atoms with Gasteiger partial charge in [-0.2, -0.15) is 4.98 Å². The number of aromatic nitrogens is 4. The van der Waals surface area contributed by atoms with Gasteiger partial charge in [-0.1, -0.05) is 0 Å². The van der Waals surface area contributed by atoms with Crippen LogP contribution in [0.3, 0.4) is 0 Å². The second kappa shape index (κ2) is 8.66. The van der Waals surface area contributed by atoms with Crippen LogP contribution in [0.25, 0.3) is 11.2 Å². The van der Waals surface area contributed by atoms with Crippen molar-refractivity contribution in [1.29, 1.82) is 0 Å². The molecule has 2 aromatic heterocycles. The highest BCUT2D eigenvalue weighted by Crippen LogP contribution is 2.50. The predicted molar refractivity (Wildman–Crippen MR) is 95.4 cm³/mol. The summed E-state index contributed by atoms with van der Waals surface area (Å²) in [5.74, 6) is 0.834. The highest BCUT2D eigenvalue weighted by molar-refractivity contribution is 8.04. The van der Waals surface area contributed by atoms with Crippen molar-refractivity contribution in [2.45, 2.75) is 26.8 Å². The van der Waals surface area contributed by atoms with E-state index in [1.54, 1.807) is 24.7 Å². The van der Waals surface area contributed by atoms with Crippen LogP contribution in [0.15, 0.2) is 11.1 Å². The molecule has 24 heavy (non-hydrogen) atoms. The van der Waals surface area contributed by atoms with Gasteiger partial charge in [-0.3, -0.25) is 14.3 Å². The fraction of sp³-hybridized carbons (Fsp3) is 0.615. The molecule has 134 valence electrons. The van der Waals surface area contributed by atoms with E-state index in [1.165, 1.54) is 11.8 Å². The van der Waals surface area contributed by atoms with E-state index in [-0.39, 0.29) is 17.0 Å². The van der Waals surface area contributed by atoms with Crippen LogP contribution in [0, 0.1) is 0 Å². The van der Waals surface area contributed by atoms with Gasteiger partial charge in [0.1, 0.15) is 0 Å². The number of nitrogens with zero attached hydrogens (tertiary/aromatic N) is 3. The average Bonchev–Trinajstić information content (AvgIpc) is 2.91. The van der Waals surface area contributed by atoms with Gasteiger partial charge in [0, 0.05) is 6.54 Å². The van der Waals surface area contributed by atoms with Crippen molar-refractivity contribution in [3.05, 3.63) is 16.7 Å². The summed E-state index contributed by atoms with van der Waals surface area (Å²) in [7, 11) is -3.00. The van der Waals surface area contributed by atoms with Gasteiger partial charge in [-0.25, -0.2) is 4.98 Å². The molecule has 0 amide bonds. The zero-order valence-corrected chi connectivity index (χ0v) is 15.4. The van der Waals surface area contributed by atoms with Crippen LogP contribution in [-0.2, 0) is 20.2 Å². The lowest BCUT2D eigenvalue weighted by Crippen LogP contribution is -2.12. The Morgan fingerprint density at radius 1 is 1.38 bits per heavy atom. The van der Waals surface area contributed by atoms with Crippen LogP contribution in [0.2, 0.25) is 0 Å². The van der Waals surface area contributed by atoms with E-state index in [1.807, 2.05) is 0 Å². The summed E-state index contributed by atoms with van der Waals surface area (Å²) in [4.78, 5) is 22.3. The zero-order valence-electron chi connectivity index (χ0n) is 13.7. The molecule has 2 rings (SSSR count). The van der Waals surface area contributed by atoms with Gasteiger partial charge in [0.05, 0.1) is 25.0 Å². The number of anilines is 1. The van der Waals surface area contributed by atoms with E-state index in [2.05, 4.69) is 15.0 Å². The maximum atomic E-state index is 12.3. The van der Waals surface area contributed by atoms with Crippen LogP contribution < -0.4 is 11.3 Å². The molecule has 0 atom stereocenters. The van der Waals surface area contributed by atoms with Crippen molar-refractivity contribution in [2.75, 3.05) is 30.2 Å². The monoisotopic (exact) mass is 375 g/mol. The molecule has 3 N–H and O–H groups in total. The largest absolute Gasteiger partial charge is 0.369 e. The number of thioether (sulfide) groups is 1. The number of nitrogen functional groups attached to an aromatic ring is 1. The summed E-state index contributed by atoms with van der Waals surface area (Å²) in [6.07, 6.45) is 2.37. The molecule has 0 unspecified atom stereocenters. The van der Waals surface area contributed by atoms with Crippen LogP contribution in [-0.4, -0.2) is 44.0 Å². The molecule has 0 aliphatic rings. The Morgan fingerprint density at radius 2 is 2.08 bits per heavy atom. The van der Waals surface area contributed by atoms with E-state index < -0.39 is 7.60 Å². The minimum atomic E-state index is -3.00. The molecule has 0 bridgehead atoms. The van der Waals surface area contributed by atoms with E-state index in [9.17, 15) is 9.36 Å². The number of H-pyrrole nitrogens is 1. The van der Waals surface area contributed by atoms with E-state index >= 15 is 0 Å². The molecule has 0 fully saturated rings.